The maximum absolute atomic E-state index is 12.5. The predicted molar refractivity (Wildman–Crippen MR) is 180 cm³/mol. The molecule has 10 heteroatoms. The fraction of sp³-hybridized carbons (Fsp3) is 0.216. The van der Waals surface area contributed by atoms with Crippen molar-refractivity contribution in [2.24, 2.45) is 11.7 Å². The van der Waals surface area contributed by atoms with Gasteiger partial charge in [0.2, 0.25) is 11.8 Å². The molecular formula is C37H36N6O4. The summed E-state index contributed by atoms with van der Waals surface area (Å²) >= 11 is 0. The standard InChI is InChI=1S/C21H17NO3.C9H11N5O.C7H8/c1-11-13-6-7-15-14-4-2-3-5-16(14)19(23)10-18(15)17(13)8-12(21(11)25)9-20(22)24;1-2-11-8(15)4-14-6-13-9-7(14)3-10-5-12-9;1-7-5-3-2-4-6-7/h2-8,10-12H,9H2,1H3,(H2,22,24);3,5-6H,2,4H2,1H3,(H,11,15);2-6H,1H3. The lowest BCUT2D eigenvalue weighted by molar-refractivity contribution is -0.126. The van der Waals surface area contributed by atoms with Gasteiger partial charge in [-0.2, -0.15) is 0 Å². The van der Waals surface area contributed by atoms with Crippen LogP contribution in [0.1, 0.15) is 47.7 Å². The molecule has 2 aliphatic rings. The van der Waals surface area contributed by atoms with E-state index in [1.165, 1.54) is 11.9 Å². The van der Waals surface area contributed by atoms with Gasteiger partial charge >= 0.3 is 0 Å². The molecule has 0 aliphatic heterocycles. The molecule has 2 aliphatic carbocycles. The molecule has 3 N–H and O–H groups in total. The molecule has 0 fully saturated rings. The van der Waals surface area contributed by atoms with E-state index in [1.54, 1.807) is 29.2 Å². The normalized spacial score (nSPS) is 15.6. The number of likely N-dealkylation sites (N-methyl/N-ethyl adjacent to an activating group) is 1. The molecule has 2 aromatic heterocycles. The summed E-state index contributed by atoms with van der Waals surface area (Å²) < 4.78 is 1.72. The van der Waals surface area contributed by atoms with Gasteiger partial charge in [0.1, 0.15) is 24.2 Å². The number of hydrogen-bond acceptors (Lipinski definition) is 7. The topological polar surface area (TPSA) is 150 Å². The fourth-order valence-corrected chi connectivity index (χ4v) is 5.76. The number of primary amides is 1. The summed E-state index contributed by atoms with van der Waals surface area (Å²) in [5.41, 5.74) is 11.5. The van der Waals surface area contributed by atoms with Gasteiger partial charge in [-0.15, -0.1) is 0 Å². The second-order valence-corrected chi connectivity index (χ2v) is 11.4. The Morgan fingerprint density at radius 1 is 0.915 bits per heavy atom. The smallest absolute Gasteiger partial charge is 0.239 e. The number of nitrogens with zero attached hydrogens (tertiary/aromatic N) is 4. The molecule has 2 amide bonds. The molecule has 0 saturated carbocycles. The van der Waals surface area contributed by atoms with Crippen molar-refractivity contribution in [3.8, 4) is 11.1 Å². The summed E-state index contributed by atoms with van der Waals surface area (Å²) in [5, 5.41) is 4.42. The molecule has 0 spiro atoms. The summed E-state index contributed by atoms with van der Waals surface area (Å²) in [4.78, 5) is 59.7. The first-order chi connectivity index (χ1) is 22.7. The van der Waals surface area contributed by atoms with Crippen molar-refractivity contribution < 1.29 is 19.2 Å². The number of fused-ring (bicyclic) bond motifs is 6. The maximum Gasteiger partial charge on any atom is 0.239 e. The van der Waals surface area contributed by atoms with Gasteiger partial charge in [-0.05, 0) is 47.1 Å². The molecule has 2 unspecified atom stereocenters. The number of aromatic nitrogens is 4. The molecule has 7 rings (SSSR count). The lowest BCUT2D eigenvalue weighted by Gasteiger charge is -2.24. The first-order valence-corrected chi connectivity index (χ1v) is 15.4. The van der Waals surface area contributed by atoms with Gasteiger partial charge in [0.25, 0.3) is 0 Å². The van der Waals surface area contributed by atoms with E-state index in [-0.39, 0.29) is 36.4 Å². The van der Waals surface area contributed by atoms with Crippen LogP contribution in [-0.4, -0.2) is 49.4 Å². The number of aryl methyl sites for hydroxylation is 1. The summed E-state index contributed by atoms with van der Waals surface area (Å²) in [6.07, 6.45) is 8.11. The molecule has 2 atom stereocenters. The highest BCUT2D eigenvalue weighted by Crippen LogP contribution is 2.28. The number of nitrogens with two attached hydrogens (primary N) is 1. The van der Waals surface area contributed by atoms with Crippen LogP contribution >= 0.6 is 0 Å². The highest BCUT2D eigenvalue weighted by molar-refractivity contribution is 6.22. The molecule has 238 valence electrons. The van der Waals surface area contributed by atoms with E-state index < -0.39 is 11.8 Å². The number of imidazole rings is 1. The van der Waals surface area contributed by atoms with Gasteiger partial charge in [-0.25, -0.2) is 15.0 Å². The number of Topliss-reactive ketones (excluding diaryl/α,β-unsaturated/α-hetero) is 2. The fourth-order valence-electron chi connectivity index (χ4n) is 5.76. The minimum Gasteiger partial charge on any atom is -0.370 e. The molecule has 47 heavy (non-hydrogen) atoms. The van der Waals surface area contributed by atoms with Crippen LogP contribution in [0, 0.1) is 12.8 Å². The Morgan fingerprint density at radius 3 is 2.32 bits per heavy atom. The van der Waals surface area contributed by atoms with Crippen LogP contribution in [0.25, 0.3) is 34.4 Å². The van der Waals surface area contributed by atoms with Crippen LogP contribution in [0.3, 0.4) is 0 Å². The number of nitrogens with one attached hydrogen (secondary N) is 1. The largest absolute Gasteiger partial charge is 0.370 e. The number of ketones is 2. The zero-order valence-corrected chi connectivity index (χ0v) is 26.5. The van der Waals surface area contributed by atoms with E-state index >= 15 is 0 Å². The Labute approximate surface area is 272 Å². The van der Waals surface area contributed by atoms with Crippen molar-refractivity contribution in [1.82, 2.24) is 24.8 Å². The number of amides is 2. The van der Waals surface area contributed by atoms with E-state index in [0.29, 0.717) is 17.8 Å². The maximum atomic E-state index is 12.5. The summed E-state index contributed by atoms with van der Waals surface area (Å²) in [5.74, 6) is -1.45. The second kappa shape index (κ2) is 14.6. The highest BCUT2D eigenvalue weighted by Gasteiger charge is 2.30. The van der Waals surface area contributed by atoms with Crippen molar-refractivity contribution in [2.45, 2.75) is 39.7 Å². The quantitative estimate of drug-likeness (QED) is 0.303. The van der Waals surface area contributed by atoms with E-state index in [9.17, 15) is 19.2 Å². The van der Waals surface area contributed by atoms with E-state index in [4.69, 9.17) is 5.73 Å². The Morgan fingerprint density at radius 2 is 1.64 bits per heavy atom. The number of hydrogen-bond donors (Lipinski definition) is 2. The average Bonchev–Trinajstić information content (AvgIpc) is 3.47. The summed E-state index contributed by atoms with van der Waals surface area (Å²) in [6.45, 7) is 6.68. The molecule has 0 saturated heterocycles. The van der Waals surface area contributed by atoms with Crippen LogP contribution in [-0.2, 0) is 20.9 Å². The lowest BCUT2D eigenvalue weighted by atomic mass is 9.78. The number of benzene rings is 3. The zero-order chi connectivity index (χ0) is 33.5. The zero-order valence-electron chi connectivity index (χ0n) is 26.5. The minimum atomic E-state index is -0.535. The molecule has 0 bridgehead atoms. The van der Waals surface area contributed by atoms with Gasteiger partial charge in [-0.3, -0.25) is 19.2 Å². The predicted octanol–water partition coefficient (Wildman–Crippen LogP) is 3.25. The second-order valence-electron chi connectivity index (χ2n) is 11.4. The van der Waals surface area contributed by atoms with Crippen LogP contribution in [0.2, 0.25) is 0 Å². The molecule has 0 radical (unpaired) electrons. The van der Waals surface area contributed by atoms with Gasteiger partial charge in [-0.1, -0.05) is 85.3 Å². The van der Waals surface area contributed by atoms with E-state index in [2.05, 4.69) is 39.3 Å². The third-order valence-corrected chi connectivity index (χ3v) is 8.06. The highest BCUT2D eigenvalue weighted by atomic mass is 16.2. The van der Waals surface area contributed by atoms with Gasteiger partial charge in [0.05, 0.1) is 12.5 Å². The van der Waals surface area contributed by atoms with Crippen LogP contribution in [0.5, 0.6) is 0 Å². The monoisotopic (exact) mass is 628 g/mol. The SMILES string of the molecule is CC1C(=O)C(CC(N)=O)C=c2c1ccc1c2=CC(=O)c2ccccc2-1.CCNC(=O)Cn1cnc2ncncc21.Cc1ccccc1. The third-order valence-electron chi connectivity index (χ3n) is 8.06. The molecule has 2 heterocycles. The lowest BCUT2D eigenvalue weighted by Crippen LogP contribution is -2.41. The molecule has 10 nitrogen and oxygen atoms in total. The van der Waals surface area contributed by atoms with Crippen molar-refractivity contribution in [3.63, 3.8) is 0 Å². The van der Waals surface area contributed by atoms with Crippen molar-refractivity contribution >= 4 is 46.7 Å². The summed E-state index contributed by atoms with van der Waals surface area (Å²) in [6, 6.07) is 21.7. The van der Waals surface area contributed by atoms with Crippen LogP contribution in [0.15, 0.2) is 85.6 Å². The van der Waals surface area contributed by atoms with Gasteiger partial charge in [0.15, 0.2) is 11.4 Å². The minimum absolute atomic E-state index is 0.00316. The first-order valence-electron chi connectivity index (χ1n) is 15.4. The Hall–Kier alpha value is -5.77. The molecule has 5 aromatic rings. The van der Waals surface area contributed by atoms with Crippen LogP contribution < -0.4 is 21.5 Å². The number of carbonyl (C=O) groups is 4. The van der Waals surface area contributed by atoms with Crippen molar-refractivity contribution in [2.75, 3.05) is 6.54 Å². The number of carbonyl (C=O) groups excluding carboxylic acids is 4. The van der Waals surface area contributed by atoms with E-state index in [0.717, 1.165) is 32.6 Å². The molecule has 3 aromatic carbocycles. The van der Waals surface area contributed by atoms with Crippen molar-refractivity contribution in [1.29, 1.82) is 0 Å². The third kappa shape index (κ3) is 7.38. The Kier molecular flexibility index (Phi) is 10.1. The Bertz CT molecular complexity index is 2090. The van der Waals surface area contributed by atoms with E-state index in [1.807, 2.05) is 68.4 Å². The van der Waals surface area contributed by atoms with Crippen molar-refractivity contribution in [3.05, 3.63) is 113 Å². The average molecular weight is 629 g/mol. The summed E-state index contributed by atoms with van der Waals surface area (Å²) in [7, 11) is 0. The molecular weight excluding hydrogens is 592 g/mol. The van der Waals surface area contributed by atoms with Crippen LogP contribution in [0.4, 0.5) is 0 Å². The van der Waals surface area contributed by atoms with Gasteiger partial charge in [0, 0.05) is 30.4 Å². The Balaban J connectivity index is 0.000000166. The first kappa shape index (κ1) is 32.6. The van der Waals surface area contributed by atoms with Gasteiger partial charge < -0.3 is 15.6 Å². The number of rotatable bonds is 5.